The summed E-state index contributed by atoms with van der Waals surface area (Å²) in [7, 11) is 0. The SMILES string of the molecule is O=C(CCOCCCOCCC(=O)NCCOCCOCCOCCC(=O)ON1C(=O)CCC1=O)NCCOCCOCCOCCC(=O)ON1C(=O)CCC1=O. The van der Waals surface area contributed by atoms with Gasteiger partial charge in [0.2, 0.25) is 11.8 Å². The molecule has 2 rings (SSSR count). The molecule has 0 radical (unpaired) electrons. The molecule has 0 unspecified atom stereocenters. The van der Waals surface area contributed by atoms with Gasteiger partial charge in [-0.2, -0.15) is 0 Å². The molecule has 2 aliphatic heterocycles. The van der Waals surface area contributed by atoms with Crippen LogP contribution in [-0.2, 0) is 85.9 Å². The van der Waals surface area contributed by atoms with Crippen LogP contribution < -0.4 is 10.6 Å². The van der Waals surface area contributed by atoms with E-state index >= 15 is 0 Å². The highest BCUT2D eigenvalue weighted by atomic mass is 16.7. The fourth-order valence-corrected chi connectivity index (χ4v) is 4.50. The Bertz CT molecular complexity index is 1130. The number of amides is 6. The predicted octanol–water partition coefficient (Wildman–Crippen LogP) is -1.48. The number of nitrogens with one attached hydrogen (secondary N) is 2. The van der Waals surface area contributed by atoms with Crippen molar-refractivity contribution >= 4 is 47.4 Å². The van der Waals surface area contributed by atoms with E-state index in [1.54, 1.807) is 0 Å². The van der Waals surface area contributed by atoms with Crippen LogP contribution >= 0.6 is 0 Å². The summed E-state index contributed by atoms with van der Waals surface area (Å²) >= 11 is 0. The van der Waals surface area contributed by atoms with Gasteiger partial charge in [-0.05, 0) is 6.42 Å². The van der Waals surface area contributed by atoms with Gasteiger partial charge in [0.1, 0.15) is 0 Å². The number of carbonyl (C=O) groups excluding carboxylic acids is 8. The summed E-state index contributed by atoms with van der Waals surface area (Å²) in [5.41, 5.74) is 0. The van der Waals surface area contributed by atoms with Crippen LogP contribution in [0.25, 0.3) is 0 Å². The Balaban J connectivity index is 1.21. The van der Waals surface area contributed by atoms with Crippen LogP contribution in [0.4, 0.5) is 0 Å². The molecular formula is C35H56N4O18. The molecule has 0 bridgehead atoms. The number of carbonyl (C=O) groups is 8. The average Bonchev–Trinajstić information content (AvgIpc) is 3.68. The Morgan fingerprint density at radius 1 is 0.386 bits per heavy atom. The summed E-state index contributed by atoms with van der Waals surface area (Å²) < 4.78 is 42.9. The molecule has 324 valence electrons. The monoisotopic (exact) mass is 820 g/mol. The standard InChI is InChI=1S/C35H56N4O18/c40-28(36-10-18-52-22-26-54-24-20-50-16-8-34(46)56-38-30(42)2-3-31(38)43)6-14-48-12-1-13-49-15-7-29(41)37-11-19-53-23-27-55-25-21-51-17-9-35(47)57-39-32(44)4-5-33(39)45/h1-27H2,(H,36,40)(H,37,41). The van der Waals surface area contributed by atoms with Gasteiger partial charge >= 0.3 is 11.9 Å². The lowest BCUT2D eigenvalue weighted by Crippen LogP contribution is -2.32. The van der Waals surface area contributed by atoms with E-state index in [1.165, 1.54) is 0 Å². The summed E-state index contributed by atoms with van der Waals surface area (Å²) in [5.74, 6) is -3.91. The normalized spacial score (nSPS) is 14.1. The minimum Gasteiger partial charge on any atom is -0.381 e. The second-order valence-electron chi connectivity index (χ2n) is 12.0. The van der Waals surface area contributed by atoms with Crippen molar-refractivity contribution in [3.8, 4) is 0 Å². The van der Waals surface area contributed by atoms with Crippen LogP contribution in [0.2, 0.25) is 0 Å². The van der Waals surface area contributed by atoms with Crippen molar-refractivity contribution in [2.45, 2.75) is 57.8 Å². The van der Waals surface area contributed by atoms with Crippen molar-refractivity contribution < 1.29 is 85.9 Å². The van der Waals surface area contributed by atoms with Crippen LogP contribution in [0.3, 0.4) is 0 Å². The molecule has 2 heterocycles. The molecule has 2 saturated heterocycles. The maximum Gasteiger partial charge on any atom is 0.335 e. The third-order valence-corrected chi connectivity index (χ3v) is 7.45. The fraction of sp³-hybridized carbons (Fsp3) is 0.771. The zero-order valence-electron chi connectivity index (χ0n) is 32.3. The first-order valence-corrected chi connectivity index (χ1v) is 19.0. The predicted molar refractivity (Wildman–Crippen MR) is 190 cm³/mol. The quantitative estimate of drug-likeness (QED) is 0.0539. The minimum absolute atomic E-state index is 0.0369. The van der Waals surface area contributed by atoms with E-state index in [4.69, 9.17) is 47.6 Å². The van der Waals surface area contributed by atoms with E-state index < -0.39 is 35.6 Å². The summed E-state index contributed by atoms with van der Waals surface area (Å²) in [6.45, 7) is 5.14. The lowest BCUT2D eigenvalue weighted by atomic mass is 10.4. The molecular weight excluding hydrogens is 764 g/mol. The average molecular weight is 821 g/mol. The highest BCUT2D eigenvalue weighted by molar-refractivity contribution is 6.02. The summed E-state index contributed by atoms with van der Waals surface area (Å²) in [4.78, 5) is 102. The molecule has 22 nitrogen and oxygen atoms in total. The minimum atomic E-state index is -0.728. The van der Waals surface area contributed by atoms with E-state index in [-0.39, 0.29) is 116 Å². The van der Waals surface area contributed by atoms with Crippen LogP contribution in [0.15, 0.2) is 0 Å². The molecule has 0 aromatic rings. The number of ether oxygens (including phenoxy) is 8. The second kappa shape index (κ2) is 31.9. The van der Waals surface area contributed by atoms with Crippen LogP contribution in [0.5, 0.6) is 0 Å². The Labute approximate surface area is 330 Å². The lowest BCUT2D eigenvalue weighted by Gasteiger charge is -2.12. The van der Waals surface area contributed by atoms with Gasteiger partial charge in [-0.1, -0.05) is 0 Å². The number of hydrogen-bond acceptors (Lipinski definition) is 18. The molecule has 2 aliphatic rings. The number of rotatable bonds is 36. The molecule has 2 N–H and O–H groups in total. The van der Waals surface area contributed by atoms with E-state index in [0.717, 1.165) is 0 Å². The number of hydrogen-bond donors (Lipinski definition) is 2. The van der Waals surface area contributed by atoms with E-state index in [9.17, 15) is 38.4 Å². The second-order valence-corrected chi connectivity index (χ2v) is 12.0. The molecule has 0 saturated carbocycles. The number of nitrogens with zero attached hydrogens (tertiary/aromatic N) is 2. The molecule has 2 fully saturated rings. The topological polar surface area (TPSA) is 259 Å². The first kappa shape index (κ1) is 49.0. The van der Waals surface area contributed by atoms with Crippen LogP contribution in [0.1, 0.15) is 57.8 Å². The van der Waals surface area contributed by atoms with Gasteiger partial charge in [-0.3, -0.25) is 28.8 Å². The van der Waals surface area contributed by atoms with Crippen molar-refractivity contribution in [1.82, 2.24) is 20.8 Å². The highest BCUT2D eigenvalue weighted by Crippen LogP contribution is 2.13. The summed E-state index contributed by atoms with van der Waals surface area (Å²) in [6, 6.07) is 0. The third kappa shape index (κ3) is 25.0. The van der Waals surface area contributed by atoms with E-state index in [2.05, 4.69) is 10.6 Å². The van der Waals surface area contributed by atoms with Gasteiger partial charge in [0.05, 0.1) is 105 Å². The van der Waals surface area contributed by atoms with Crippen LogP contribution in [-0.4, -0.2) is 176 Å². The molecule has 0 atom stereocenters. The van der Waals surface area contributed by atoms with E-state index in [0.29, 0.717) is 82.5 Å². The molecule has 6 amide bonds. The smallest absolute Gasteiger partial charge is 0.335 e. The largest absolute Gasteiger partial charge is 0.381 e. The summed E-state index contributed by atoms with van der Waals surface area (Å²) in [6.07, 6.45) is 0.967. The third-order valence-electron chi connectivity index (χ3n) is 7.45. The highest BCUT2D eigenvalue weighted by Gasteiger charge is 2.33. The molecule has 57 heavy (non-hydrogen) atoms. The molecule has 0 spiro atoms. The van der Waals surface area contributed by atoms with E-state index in [1.807, 2.05) is 0 Å². The maximum atomic E-state index is 11.9. The van der Waals surface area contributed by atoms with Crippen molar-refractivity contribution in [2.75, 3.05) is 119 Å². The van der Waals surface area contributed by atoms with Gasteiger partial charge in [0.15, 0.2) is 0 Å². The maximum absolute atomic E-state index is 11.9. The summed E-state index contributed by atoms with van der Waals surface area (Å²) in [5, 5.41) is 6.46. The molecule has 0 aliphatic carbocycles. The van der Waals surface area contributed by atoms with Gasteiger partial charge in [0.25, 0.3) is 23.6 Å². The van der Waals surface area contributed by atoms with Crippen molar-refractivity contribution in [3.63, 3.8) is 0 Å². The lowest BCUT2D eigenvalue weighted by molar-refractivity contribution is -0.198. The van der Waals surface area contributed by atoms with Crippen molar-refractivity contribution in [1.29, 1.82) is 0 Å². The Kier molecular flexibility index (Phi) is 27.4. The van der Waals surface area contributed by atoms with Gasteiger partial charge in [0, 0.05) is 64.8 Å². The van der Waals surface area contributed by atoms with Crippen LogP contribution in [0, 0.1) is 0 Å². The Hall–Kier alpha value is -4.16. The zero-order valence-corrected chi connectivity index (χ0v) is 32.3. The zero-order chi connectivity index (χ0) is 41.4. The first-order chi connectivity index (χ1) is 27.7. The number of hydroxylamine groups is 4. The molecule has 0 aromatic carbocycles. The Morgan fingerprint density at radius 2 is 0.667 bits per heavy atom. The number of imide groups is 2. The molecule has 22 heteroatoms. The van der Waals surface area contributed by atoms with Gasteiger partial charge in [-0.25, -0.2) is 9.59 Å². The van der Waals surface area contributed by atoms with Gasteiger partial charge in [-0.15, -0.1) is 10.1 Å². The van der Waals surface area contributed by atoms with Gasteiger partial charge < -0.3 is 58.2 Å². The van der Waals surface area contributed by atoms with Crippen molar-refractivity contribution in [2.24, 2.45) is 0 Å². The molecule has 0 aromatic heterocycles. The van der Waals surface area contributed by atoms with Crippen molar-refractivity contribution in [3.05, 3.63) is 0 Å². The fourth-order valence-electron chi connectivity index (χ4n) is 4.50. The Morgan fingerprint density at radius 3 is 1.02 bits per heavy atom. The first-order valence-electron chi connectivity index (χ1n) is 19.0.